The monoisotopic (exact) mass is 522 g/mol. The van der Waals surface area contributed by atoms with Gasteiger partial charge in [-0.25, -0.2) is 4.79 Å². The minimum absolute atomic E-state index is 0.0170. The van der Waals surface area contributed by atoms with E-state index >= 15 is 0 Å². The molecule has 1 heterocycles. The first-order chi connectivity index (χ1) is 17.3. The Morgan fingerprint density at radius 1 is 1.11 bits per heavy atom. The van der Waals surface area contributed by atoms with Crippen LogP contribution in [0.1, 0.15) is 65.7 Å². The van der Waals surface area contributed by atoms with Crippen molar-refractivity contribution in [3.63, 3.8) is 0 Å². The van der Waals surface area contributed by atoms with Gasteiger partial charge in [-0.3, -0.25) is 9.59 Å². The summed E-state index contributed by atoms with van der Waals surface area (Å²) in [5.41, 5.74) is -4.29. The highest BCUT2D eigenvalue weighted by Crippen LogP contribution is 2.71. The summed E-state index contributed by atoms with van der Waals surface area (Å²) < 4.78 is 16.4. The van der Waals surface area contributed by atoms with Crippen LogP contribution in [0, 0.1) is 28.6 Å². The quantitative estimate of drug-likeness (QED) is 0.307. The van der Waals surface area contributed by atoms with Crippen LogP contribution in [-0.2, 0) is 28.6 Å². The number of rotatable bonds is 4. The molecule has 0 saturated heterocycles. The zero-order chi connectivity index (χ0) is 27.0. The molecule has 0 bridgehead atoms. The van der Waals surface area contributed by atoms with Crippen molar-refractivity contribution in [2.45, 2.75) is 95.2 Å². The number of aliphatic hydroxyl groups is 4. The number of hydrogen-bond donors (Lipinski definition) is 4. The molecule has 10 atom stereocenters. The van der Waals surface area contributed by atoms with Crippen LogP contribution in [-0.4, -0.2) is 81.1 Å². The van der Waals surface area contributed by atoms with E-state index in [4.69, 9.17) is 14.2 Å². The van der Waals surface area contributed by atoms with Crippen LogP contribution < -0.4 is 0 Å². The third-order valence-electron chi connectivity index (χ3n) is 10.7. The van der Waals surface area contributed by atoms with Crippen LogP contribution in [0.15, 0.2) is 11.6 Å². The van der Waals surface area contributed by atoms with Gasteiger partial charge in [0.25, 0.3) is 0 Å². The van der Waals surface area contributed by atoms with Gasteiger partial charge in [-0.05, 0) is 49.5 Å². The molecule has 0 amide bonds. The molecule has 4 fully saturated rings. The van der Waals surface area contributed by atoms with Crippen molar-refractivity contribution in [1.82, 2.24) is 0 Å². The smallest absolute Gasteiger partial charge is 0.331 e. The molecule has 1 aliphatic heterocycles. The van der Waals surface area contributed by atoms with Crippen LogP contribution in [0.25, 0.3) is 0 Å². The molecule has 37 heavy (non-hydrogen) atoms. The lowest BCUT2D eigenvalue weighted by molar-refractivity contribution is -0.318. The molecule has 0 unspecified atom stereocenters. The fourth-order valence-electron chi connectivity index (χ4n) is 9.28. The second-order valence-electron chi connectivity index (χ2n) is 12.2. The Kier molecular flexibility index (Phi) is 6.29. The summed E-state index contributed by atoms with van der Waals surface area (Å²) in [6.45, 7) is 4.11. The number of esters is 3. The summed E-state index contributed by atoms with van der Waals surface area (Å²) in [4.78, 5) is 35.8. The Labute approximate surface area is 216 Å². The SMILES string of the molecule is CC(=O)O[C@H]1C[C@H](O)[C@]2(CO)[C@@H]3[C@H](OC(C)=O)C[C@]4(C)[C@H](C5=CC(=O)OC5)CC[C@]4(O)[C@H]3CC[C@@]2(O)C1. The maximum absolute atomic E-state index is 12.4. The molecule has 10 heteroatoms. The maximum atomic E-state index is 12.4. The van der Waals surface area contributed by atoms with E-state index in [0.29, 0.717) is 19.3 Å². The predicted molar refractivity (Wildman–Crippen MR) is 126 cm³/mol. The molecule has 5 rings (SSSR count). The normalized spacial score (nSPS) is 48.7. The average Bonchev–Trinajstić information content (AvgIpc) is 3.32. The zero-order valence-corrected chi connectivity index (χ0v) is 21.6. The number of aliphatic hydroxyl groups excluding tert-OH is 2. The third-order valence-corrected chi connectivity index (χ3v) is 10.7. The molecule has 4 aliphatic carbocycles. The highest BCUT2D eigenvalue weighted by molar-refractivity contribution is 5.85. The fourth-order valence-corrected chi connectivity index (χ4v) is 9.28. The predicted octanol–water partition coefficient (Wildman–Crippen LogP) is 0.775. The van der Waals surface area contributed by atoms with Gasteiger partial charge in [-0.2, -0.15) is 0 Å². The van der Waals surface area contributed by atoms with E-state index in [-0.39, 0.29) is 38.2 Å². The Morgan fingerprint density at radius 3 is 2.41 bits per heavy atom. The van der Waals surface area contributed by atoms with Gasteiger partial charge in [-0.1, -0.05) is 6.92 Å². The van der Waals surface area contributed by atoms with Crippen LogP contribution in [0.5, 0.6) is 0 Å². The van der Waals surface area contributed by atoms with Gasteiger partial charge < -0.3 is 34.6 Å². The van der Waals surface area contributed by atoms with E-state index in [9.17, 15) is 34.8 Å². The van der Waals surface area contributed by atoms with Crippen molar-refractivity contribution in [1.29, 1.82) is 0 Å². The third kappa shape index (κ3) is 3.62. The van der Waals surface area contributed by atoms with Crippen molar-refractivity contribution < 1.29 is 49.0 Å². The molecule has 4 saturated carbocycles. The minimum atomic E-state index is -1.60. The van der Waals surface area contributed by atoms with Crippen molar-refractivity contribution in [3.05, 3.63) is 11.6 Å². The molecule has 10 nitrogen and oxygen atoms in total. The van der Waals surface area contributed by atoms with Gasteiger partial charge >= 0.3 is 17.9 Å². The Balaban J connectivity index is 1.59. The minimum Gasteiger partial charge on any atom is -0.462 e. The molecule has 5 aliphatic rings. The lowest BCUT2D eigenvalue weighted by atomic mass is 9.40. The Hall–Kier alpha value is -2.01. The lowest BCUT2D eigenvalue weighted by Gasteiger charge is -2.68. The van der Waals surface area contributed by atoms with Crippen LogP contribution in [0.2, 0.25) is 0 Å². The molecule has 0 aromatic rings. The van der Waals surface area contributed by atoms with E-state index in [1.807, 2.05) is 6.92 Å². The molecular formula is C27H38O10. The van der Waals surface area contributed by atoms with Crippen molar-refractivity contribution in [3.8, 4) is 0 Å². The van der Waals surface area contributed by atoms with Crippen molar-refractivity contribution in [2.75, 3.05) is 13.2 Å². The summed E-state index contributed by atoms with van der Waals surface area (Å²) in [6.07, 6.45) is 0.567. The highest BCUT2D eigenvalue weighted by Gasteiger charge is 2.76. The van der Waals surface area contributed by atoms with E-state index in [0.717, 1.165) is 5.57 Å². The van der Waals surface area contributed by atoms with Gasteiger partial charge in [0, 0.05) is 44.1 Å². The lowest BCUT2D eigenvalue weighted by Crippen LogP contribution is -2.76. The first-order valence-electron chi connectivity index (χ1n) is 13.3. The molecule has 0 aromatic heterocycles. The summed E-state index contributed by atoms with van der Waals surface area (Å²) in [5, 5.41) is 46.9. The molecule has 0 spiro atoms. The number of fused-ring (bicyclic) bond motifs is 5. The largest absolute Gasteiger partial charge is 0.462 e. The van der Waals surface area contributed by atoms with E-state index in [2.05, 4.69) is 0 Å². The van der Waals surface area contributed by atoms with Gasteiger partial charge in [0.1, 0.15) is 18.8 Å². The molecule has 4 N–H and O–H groups in total. The second kappa shape index (κ2) is 8.76. The average molecular weight is 523 g/mol. The zero-order valence-electron chi connectivity index (χ0n) is 21.6. The number of carbonyl (C=O) groups excluding carboxylic acids is 3. The Morgan fingerprint density at radius 2 is 1.81 bits per heavy atom. The highest BCUT2D eigenvalue weighted by atomic mass is 16.6. The number of carbonyl (C=O) groups is 3. The van der Waals surface area contributed by atoms with Crippen LogP contribution >= 0.6 is 0 Å². The second-order valence-corrected chi connectivity index (χ2v) is 12.2. The van der Waals surface area contributed by atoms with E-state index in [1.165, 1.54) is 19.9 Å². The van der Waals surface area contributed by atoms with Crippen LogP contribution in [0.3, 0.4) is 0 Å². The van der Waals surface area contributed by atoms with Gasteiger partial charge in [0.2, 0.25) is 0 Å². The molecule has 206 valence electrons. The number of cyclic esters (lactones) is 1. The Bertz CT molecular complexity index is 1020. The van der Waals surface area contributed by atoms with E-state index < -0.39 is 76.7 Å². The summed E-state index contributed by atoms with van der Waals surface area (Å²) in [6, 6.07) is 0. The molecule has 0 radical (unpaired) electrons. The first-order valence-corrected chi connectivity index (χ1v) is 13.3. The van der Waals surface area contributed by atoms with Crippen molar-refractivity contribution in [2.24, 2.45) is 28.6 Å². The fraction of sp³-hybridized carbons (Fsp3) is 0.815. The number of ether oxygens (including phenoxy) is 3. The summed E-state index contributed by atoms with van der Waals surface area (Å²) in [7, 11) is 0. The summed E-state index contributed by atoms with van der Waals surface area (Å²) >= 11 is 0. The molecular weight excluding hydrogens is 484 g/mol. The first kappa shape index (κ1) is 26.6. The maximum Gasteiger partial charge on any atom is 0.331 e. The summed E-state index contributed by atoms with van der Waals surface area (Å²) in [5.74, 6) is -2.86. The standard InChI is InChI=1S/C27H38O10/c1-14(29)36-17-9-21(31)26(13-28)23-19(4-6-25(26,33)10-17)27(34)7-5-18(16-8-22(32)35-12-16)24(27,3)11-20(23)37-15(2)30/h8,17-21,23,28,31,33-34H,4-7,9-13H2,1-3H3/t17-,18-,19-,20+,21-,23-,24+,25+,26+,27-/m0/s1. The molecule has 0 aromatic carbocycles. The van der Waals surface area contributed by atoms with Gasteiger partial charge in [0.15, 0.2) is 0 Å². The topological polar surface area (TPSA) is 160 Å². The van der Waals surface area contributed by atoms with Gasteiger partial charge in [0.05, 0.1) is 29.3 Å². The van der Waals surface area contributed by atoms with Crippen molar-refractivity contribution >= 4 is 17.9 Å². The van der Waals surface area contributed by atoms with Gasteiger partial charge in [-0.15, -0.1) is 0 Å². The van der Waals surface area contributed by atoms with Crippen LogP contribution in [0.4, 0.5) is 0 Å². The number of hydrogen-bond acceptors (Lipinski definition) is 10. The van der Waals surface area contributed by atoms with E-state index in [1.54, 1.807) is 0 Å².